The minimum absolute atomic E-state index is 0.127. The Morgan fingerprint density at radius 1 is 1.86 bits per heavy atom. The molecule has 1 aliphatic heterocycles. The van der Waals surface area contributed by atoms with Gasteiger partial charge in [-0.2, -0.15) is 0 Å². The molecule has 0 aliphatic carbocycles. The van der Waals surface area contributed by atoms with Crippen LogP contribution in [-0.4, -0.2) is 11.9 Å². The van der Waals surface area contributed by atoms with Crippen molar-refractivity contribution in [3.8, 4) is 0 Å². The summed E-state index contributed by atoms with van der Waals surface area (Å²) in [7, 11) is 0. The summed E-state index contributed by atoms with van der Waals surface area (Å²) >= 11 is 0. The number of amides is 2. The Labute approximate surface area is 40.6 Å². The highest BCUT2D eigenvalue weighted by atomic mass is 16.2. The van der Waals surface area contributed by atoms with Crippen LogP contribution in [0.3, 0.4) is 0 Å². The average molecular weight is 100 g/mol. The molecule has 38 valence electrons. The van der Waals surface area contributed by atoms with Crippen molar-refractivity contribution in [3.63, 3.8) is 0 Å². The van der Waals surface area contributed by atoms with Crippen LogP contribution in [0.2, 0.25) is 0 Å². The Morgan fingerprint density at radius 2 is 2.57 bits per heavy atom. The summed E-state index contributed by atoms with van der Waals surface area (Å²) in [6.07, 6.45) is 0. The normalized spacial score (nSPS) is 19.0. The number of amidine groups is 1. The lowest BCUT2D eigenvalue weighted by atomic mass is 10.7. The Kier molecular flexibility index (Phi) is 0.796. The predicted molar refractivity (Wildman–Crippen MR) is 23.6 cm³/mol. The number of nitrogens with one attached hydrogen (secondary N) is 1. The number of nitrogens with zero attached hydrogens (tertiary/aromatic N) is 1. The van der Waals surface area contributed by atoms with Gasteiger partial charge in [0, 0.05) is 0 Å². The Hall–Kier alpha value is -0.900. The molecule has 0 spiro atoms. The lowest BCUT2D eigenvalue weighted by molar-refractivity contribution is -0.555. The molecule has 0 unspecified atom stereocenters. The van der Waals surface area contributed by atoms with E-state index in [1.807, 2.05) is 0 Å². The van der Waals surface area contributed by atoms with Gasteiger partial charge in [0.1, 0.15) is 0 Å². The minimum atomic E-state index is -0.127. The van der Waals surface area contributed by atoms with Crippen LogP contribution >= 0.6 is 0 Å². The number of hydrogen-bond acceptors (Lipinski definition) is 2. The van der Waals surface area contributed by atoms with E-state index in [0.29, 0.717) is 5.84 Å². The number of carbonyl (C=O) groups is 1. The standard InChI is InChI=1S/C3H5N3O/c1-2-4-3(7)6-5-2/h1H3,(H2,4,5,6,7)/p+1. The van der Waals surface area contributed by atoms with Crippen LogP contribution in [0.15, 0.2) is 5.10 Å². The van der Waals surface area contributed by atoms with Crippen LogP contribution in [0, 0.1) is 0 Å². The monoisotopic (exact) mass is 100 g/mol. The summed E-state index contributed by atoms with van der Waals surface area (Å²) in [5, 5.41) is 6.12. The van der Waals surface area contributed by atoms with Gasteiger partial charge in [-0.25, -0.2) is 4.79 Å². The molecule has 0 aromatic rings. The lowest BCUT2D eigenvalue weighted by Crippen LogP contribution is -2.81. The van der Waals surface area contributed by atoms with Gasteiger partial charge in [-0.05, 0) is 6.92 Å². The fourth-order valence-corrected chi connectivity index (χ4v) is 0.398. The molecule has 3 N–H and O–H groups in total. The van der Waals surface area contributed by atoms with Gasteiger partial charge in [-0.3, -0.25) is 5.32 Å². The molecule has 1 aliphatic rings. The molecule has 0 atom stereocenters. The van der Waals surface area contributed by atoms with Crippen molar-refractivity contribution in [2.45, 2.75) is 6.92 Å². The third kappa shape index (κ3) is 0.747. The lowest BCUT2D eigenvalue weighted by Gasteiger charge is -1.77. The van der Waals surface area contributed by atoms with Crippen molar-refractivity contribution in [3.05, 3.63) is 0 Å². The Balaban J connectivity index is 2.58. The topological polar surface area (TPSA) is 58.1 Å². The zero-order valence-corrected chi connectivity index (χ0v) is 3.93. The summed E-state index contributed by atoms with van der Waals surface area (Å²) in [6, 6.07) is -0.127. The maximum absolute atomic E-state index is 10.2. The third-order valence-corrected chi connectivity index (χ3v) is 0.680. The third-order valence-electron chi connectivity index (χ3n) is 0.680. The molecular formula is C3H6N3O+. The number of urea groups is 1. The van der Waals surface area contributed by atoms with E-state index in [2.05, 4.69) is 10.4 Å². The highest BCUT2D eigenvalue weighted by Crippen LogP contribution is 1.67. The van der Waals surface area contributed by atoms with Crippen molar-refractivity contribution in [1.29, 1.82) is 0 Å². The maximum Gasteiger partial charge on any atom is 0.445 e. The highest BCUT2D eigenvalue weighted by Gasteiger charge is 2.12. The molecule has 0 aromatic carbocycles. The van der Waals surface area contributed by atoms with Crippen molar-refractivity contribution in [1.82, 2.24) is 5.32 Å². The minimum Gasteiger partial charge on any atom is -0.256 e. The van der Waals surface area contributed by atoms with Crippen LogP contribution in [0.4, 0.5) is 4.79 Å². The molecule has 1 rings (SSSR count). The predicted octanol–water partition coefficient (Wildman–Crippen LogP) is -1.39. The molecule has 1 heterocycles. The highest BCUT2D eigenvalue weighted by molar-refractivity contribution is 5.94. The SMILES string of the molecule is CC1=N[NH2+]C(=O)N1. The summed E-state index contributed by atoms with van der Waals surface area (Å²) in [5.41, 5.74) is 1.26. The second-order valence-corrected chi connectivity index (χ2v) is 1.33. The van der Waals surface area contributed by atoms with E-state index in [1.54, 1.807) is 6.92 Å². The maximum atomic E-state index is 10.2. The van der Waals surface area contributed by atoms with Crippen molar-refractivity contribution >= 4 is 11.9 Å². The van der Waals surface area contributed by atoms with E-state index >= 15 is 0 Å². The van der Waals surface area contributed by atoms with Crippen LogP contribution in [0.5, 0.6) is 0 Å². The molecule has 0 radical (unpaired) electrons. The fourth-order valence-electron chi connectivity index (χ4n) is 0.398. The van der Waals surface area contributed by atoms with E-state index in [0.717, 1.165) is 0 Å². The number of primary amides is 1. The number of hydrogen-bond donors (Lipinski definition) is 2. The van der Waals surface area contributed by atoms with Crippen molar-refractivity contribution < 1.29 is 10.2 Å². The molecule has 2 amide bonds. The van der Waals surface area contributed by atoms with Gasteiger partial charge in [0.2, 0.25) is 0 Å². The van der Waals surface area contributed by atoms with E-state index in [9.17, 15) is 4.79 Å². The summed E-state index contributed by atoms with van der Waals surface area (Å²) in [5.74, 6) is 0.671. The number of quaternary nitrogens is 1. The van der Waals surface area contributed by atoms with Gasteiger partial charge >= 0.3 is 6.03 Å². The molecule has 4 heteroatoms. The Morgan fingerprint density at radius 3 is 2.71 bits per heavy atom. The number of rotatable bonds is 0. The van der Waals surface area contributed by atoms with E-state index in [-0.39, 0.29) is 6.03 Å². The fraction of sp³-hybridized carbons (Fsp3) is 0.333. The first kappa shape index (κ1) is 4.26. The summed E-state index contributed by atoms with van der Waals surface area (Å²) < 4.78 is 0. The number of carbonyl (C=O) groups excluding carboxylic acids is 1. The Bertz CT molecular complexity index is 128. The average Bonchev–Trinajstić information content (AvgIpc) is 1.87. The van der Waals surface area contributed by atoms with Gasteiger partial charge in [-0.15, -0.1) is 5.43 Å². The summed E-state index contributed by atoms with van der Waals surface area (Å²) in [6.45, 7) is 1.74. The van der Waals surface area contributed by atoms with Gasteiger partial charge in [0.05, 0.1) is 0 Å². The summed E-state index contributed by atoms with van der Waals surface area (Å²) in [4.78, 5) is 10.2. The molecule has 0 saturated heterocycles. The van der Waals surface area contributed by atoms with E-state index < -0.39 is 0 Å². The van der Waals surface area contributed by atoms with Crippen LogP contribution in [0.25, 0.3) is 0 Å². The van der Waals surface area contributed by atoms with Crippen molar-refractivity contribution in [2.75, 3.05) is 0 Å². The van der Waals surface area contributed by atoms with E-state index in [4.69, 9.17) is 0 Å². The largest absolute Gasteiger partial charge is 0.445 e. The smallest absolute Gasteiger partial charge is 0.256 e. The van der Waals surface area contributed by atoms with Crippen molar-refractivity contribution in [2.24, 2.45) is 5.10 Å². The first-order valence-corrected chi connectivity index (χ1v) is 1.97. The molecule has 0 fully saturated rings. The zero-order chi connectivity index (χ0) is 5.28. The van der Waals surface area contributed by atoms with Crippen LogP contribution in [-0.2, 0) is 0 Å². The second-order valence-electron chi connectivity index (χ2n) is 1.33. The van der Waals surface area contributed by atoms with Crippen LogP contribution < -0.4 is 10.7 Å². The van der Waals surface area contributed by atoms with Gasteiger partial charge in [-0.1, -0.05) is 5.10 Å². The molecular weight excluding hydrogens is 94.1 g/mol. The van der Waals surface area contributed by atoms with Gasteiger partial charge in [0.25, 0.3) is 0 Å². The molecule has 7 heavy (non-hydrogen) atoms. The van der Waals surface area contributed by atoms with Gasteiger partial charge < -0.3 is 0 Å². The van der Waals surface area contributed by atoms with E-state index in [1.165, 1.54) is 5.43 Å². The first-order chi connectivity index (χ1) is 3.29. The van der Waals surface area contributed by atoms with Gasteiger partial charge in [0.15, 0.2) is 5.84 Å². The quantitative estimate of drug-likeness (QED) is 0.362. The zero-order valence-electron chi connectivity index (χ0n) is 3.93. The molecule has 0 aromatic heterocycles. The second kappa shape index (κ2) is 1.31. The molecule has 4 nitrogen and oxygen atoms in total. The molecule has 0 saturated carbocycles. The van der Waals surface area contributed by atoms with Crippen LogP contribution in [0.1, 0.15) is 6.92 Å². The number of nitrogens with two attached hydrogens (primary N) is 1. The first-order valence-electron chi connectivity index (χ1n) is 1.97. The molecule has 0 bridgehead atoms.